The van der Waals surface area contributed by atoms with Crippen molar-refractivity contribution in [2.45, 2.75) is 26.2 Å². The molecule has 108 valence electrons. The molecule has 0 aromatic heterocycles. The van der Waals surface area contributed by atoms with Crippen LogP contribution in [0.15, 0.2) is 18.2 Å². The minimum absolute atomic E-state index is 0.0583. The van der Waals surface area contributed by atoms with Crippen LogP contribution in [0.5, 0.6) is 0 Å². The van der Waals surface area contributed by atoms with Crippen molar-refractivity contribution in [3.05, 3.63) is 39.4 Å². The molecule has 0 aliphatic heterocycles. The third-order valence-electron chi connectivity index (χ3n) is 3.74. The van der Waals surface area contributed by atoms with E-state index < -0.39 is 4.92 Å². The van der Waals surface area contributed by atoms with Crippen molar-refractivity contribution in [2.75, 3.05) is 12.4 Å². The predicted octanol–water partition coefficient (Wildman–Crippen LogP) is 3.04. The van der Waals surface area contributed by atoms with Crippen molar-refractivity contribution in [1.29, 1.82) is 0 Å². The highest BCUT2D eigenvalue weighted by Gasteiger charge is 2.41. The highest BCUT2D eigenvalue weighted by atomic mass is 35.5. The smallest absolute Gasteiger partial charge is 0.270 e. The minimum Gasteiger partial charge on any atom is -0.351 e. The maximum Gasteiger partial charge on any atom is 0.270 e. The molecule has 0 saturated heterocycles. The third-order valence-corrected chi connectivity index (χ3v) is 3.93. The number of hydrogen-bond donors (Lipinski definition) is 1. The summed E-state index contributed by atoms with van der Waals surface area (Å²) in [5.41, 5.74) is 1.12. The summed E-state index contributed by atoms with van der Waals surface area (Å²) >= 11 is 5.75. The summed E-state index contributed by atoms with van der Waals surface area (Å²) < 4.78 is 0. The molecule has 0 radical (unpaired) electrons. The Morgan fingerprint density at radius 3 is 2.70 bits per heavy atom. The Morgan fingerprint density at radius 2 is 2.15 bits per heavy atom. The van der Waals surface area contributed by atoms with Gasteiger partial charge >= 0.3 is 0 Å². The molecule has 5 nitrogen and oxygen atoms in total. The average Bonchev–Trinajstić information content (AvgIpc) is 3.16. The second kappa shape index (κ2) is 5.79. The van der Waals surface area contributed by atoms with Gasteiger partial charge in [-0.1, -0.05) is 0 Å². The van der Waals surface area contributed by atoms with Gasteiger partial charge in [0.1, 0.15) is 0 Å². The molecule has 0 bridgehead atoms. The van der Waals surface area contributed by atoms with Gasteiger partial charge in [0.05, 0.1) is 4.92 Å². The van der Waals surface area contributed by atoms with E-state index in [0.717, 1.165) is 19.3 Å². The van der Waals surface area contributed by atoms with Crippen molar-refractivity contribution in [3.8, 4) is 0 Å². The number of nitro benzene ring substituents is 1. The van der Waals surface area contributed by atoms with Gasteiger partial charge in [-0.05, 0) is 43.2 Å². The molecular weight excluding hydrogens is 280 g/mol. The summed E-state index contributed by atoms with van der Waals surface area (Å²) in [6.45, 7) is 2.32. The number of aryl methyl sites for hydroxylation is 1. The minimum atomic E-state index is -0.486. The van der Waals surface area contributed by atoms with Crippen molar-refractivity contribution >= 4 is 23.2 Å². The summed E-state index contributed by atoms with van der Waals surface area (Å²) in [5, 5.41) is 13.7. The van der Waals surface area contributed by atoms with Gasteiger partial charge < -0.3 is 5.32 Å². The number of nitro groups is 1. The van der Waals surface area contributed by atoms with Crippen LogP contribution in [0.1, 0.15) is 35.2 Å². The zero-order valence-electron chi connectivity index (χ0n) is 11.3. The van der Waals surface area contributed by atoms with Crippen LogP contribution in [-0.2, 0) is 0 Å². The molecule has 1 fully saturated rings. The second-order valence-electron chi connectivity index (χ2n) is 5.44. The molecule has 1 aromatic carbocycles. The van der Waals surface area contributed by atoms with Gasteiger partial charge in [0.15, 0.2) is 0 Å². The molecule has 0 heterocycles. The number of carbonyl (C=O) groups excluding carboxylic acids is 1. The van der Waals surface area contributed by atoms with Crippen LogP contribution >= 0.6 is 11.6 Å². The topological polar surface area (TPSA) is 72.2 Å². The molecular formula is C14H17ClN2O3. The first-order valence-corrected chi connectivity index (χ1v) is 7.09. The maximum atomic E-state index is 12.1. The number of amides is 1. The van der Waals surface area contributed by atoms with Gasteiger partial charge in [-0.25, -0.2) is 0 Å². The number of hydrogen-bond acceptors (Lipinski definition) is 3. The number of halogens is 1. The normalized spacial score (nSPS) is 15.7. The number of non-ortho nitro benzene ring substituents is 1. The summed E-state index contributed by atoms with van der Waals surface area (Å²) in [6.07, 6.45) is 3.05. The Kier molecular flexibility index (Phi) is 4.28. The molecule has 6 heteroatoms. The SMILES string of the molecule is Cc1cc(C(=O)NCC2(CCCl)CC2)cc([N+](=O)[O-])c1. The fourth-order valence-electron chi connectivity index (χ4n) is 2.26. The number of benzene rings is 1. The Balaban J connectivity index is 2.04. The van der Waals surface area contributed by atoms with Crippen molar-refractivity contribution in [1.82, 2.24) is 5.32 Å². The summed E-state index contributed by atoms with van der Waals surface area (Å²) in [5.74, 6) is 0.323. The molecule has 0 atom stereocenters. The molecule has 1 aliphatic rings. The average molecular weight is 297 g/mol. The molecule has 0 unspecified atom stereocenters. The monoisotopic (exact) mass is 296 g/mol. The van der Waals surface area contributed by atoms with E-state index in [1.807, 2.05) is 0 Å². The van der Waals surface area contributed by atoms with Crippen LogP contribution in [0, 0.1) is 22.5 Å². The largest absolute Gasteiger partial charge is 0.351 e. The second-order valence-corrected chi connectivity index (χ2v) is 5.81. The van der Waals surface area contributed by atoms with Crippen LogP contribution in [0.2, 0.25) is 0 Å². The van der Waals surface area contributed by atoms with E-state index in [1.54, 1.807) is 13.0 Å². The van der Waals surface area contributed by atoms with Crippen LogP contribution in [0.3, 0.4) is 0 Å². The molecule has 1 saturated carbocycles. The zero-order chi connectivity index (χ0) is 14.8. The lowest BCUT2D eigenvalue weighted by molar-refractivity contribution is -0.384. The van der Waals surface area contributed by atoms with E-state index >= 15 is 0 Å². The predicted molar refractivity (Wildman–Crippen MR) is 77.2 cm³/mol. The fraction of sp³-hybridized carbons (Fsp3) is 0.500. The molecule has 1 aromatic rings. The van der Waals surface area contributed by atoms with Crippen molar-refractivity contribution < 1.29 is 9.72 Å². The molecule has 2 rings (SSSR count). The molecule has 0 spiro atoms. The highest BCUT2D eigenvalue weighted by molar-refractivity contribution is 6.17. The lowest BCUT2D eigenvalue weighted by Crippen LogP contribution is -2.30. The van der Waals surface area contributed by atoms with Gasteiger partial charge in [0.25, 0.3) is 11.6 Å². The van der Waals surface area contributed by atoms with Crippen molar-refractivity contribution in [3.63, 3.8) is 0 Å². The first-order valence-electron chi connectivity index (χ1n) is 6.56. The van der Waals surface area contributed by atoms with Crippen LogP contribution in [-0.4, -0.2) is 23.3 Å². The summed E-state index contributed by atoms with van der Waals surface area (Å²) in [7, 11) is 0. The molecule has 20 heavy (non-hydrogen) atoms. The summed E-state index contributed by atoms with van der Waals surface area (Å²) in [6, 6.07) is 4.42. The van der Waals surface area contributed by atoms with Gasteiger partial charge in [0.2, 0.25) is 0 Å². The molecule has 1 amide bonds. The number of carbonyl (C=O) groups is 1. The van der Waals surface area contributed by atoms with E-state index in [1.165, 1.54) is 12.1 Å². The first-order chi connectivity index (χ1) is 9.46. The number of alkyl halides is 1. The van der Waals surface area contributed by atoms with Gasteiger partial charge in [-0.3, -0.25) is 14.9 Å². The quantitative estimate of drug-likeness (QED) is 0.498. The van der Waals surface area contributed by atoms with Crippen LogP contribution < -0.4 is 5.32 Å². The Hall–Kier alpha value is -1.62. The van der Waals surface area contributed by atoms with Crippen molar-refractivity contribution in [2.24, 2.45) is 5.41 Å². The Labute approximate surface area is 122 Å². The summed E-state index contributed by atoms with van der Waals surface area (Å²) in [4.78, 5) is 22.4. The van der Waals surface area contributed by atoms with E-state index in [2.05, 4.69) is 5.32 Å². The Bertz CT molecular complexity index is 541. The number of nitrogens with one attached hydrogen (secondary N) is 1. The van der Waals surface area contributed by atoms with Gasteiger partial charge in [0, 0.05) is 30.1 Å². The standard InChI is InChI=1S/C14H17ClN2O3/c1-10-6-11(8-12(7-10)17(19)20)13(18)16-9-14(2-3-14)4-5-15/h6-8H,2-5,9H2,1H3,(H,16,18). The zero-order valence-corrected chi connectivity index (χ0v) is 12.1. The first kappa shape index (κ1) is 14.8. The lowest BCUT2D eigenvalue weighted by Gasteiger charge is -2.14. The van der Waals surface area contributed by atoms with Gasteiger partial charge in [-0.2, -0.15) is 0 Å². The highest BCUT2D eigenvalue weighted by Crippen LogP contribution is 2.48. The third kappa shape index (κ3) is 3.48. The number of nitrogens with zero attached hydrogens (tertiary/aromatic N) is 1. The molecule has 1 aliphatic carbocycles. The maximum absolute atomic E-state index is 12.1. The Morgan fingerprint density at radius 1 is 1.45 bits per heavy atom. The van der Waals surface area contributed by atoms with Gasteiger partial charge in [-0.15, -0.1) is 11.6 Å². The fourth-order valence-corrected chi connectivity index (χ4v) is 2.66. The molecule has 1 N–H and O–H groups in total. The van der Waals surface area contributed by atoms with E-state index in [0.29, 0.717) is 23.6 Å². The number of rotatable bonds is 6. The van der Waals surface area contributed by atoms with E-state index in [9.17, 15) is 14.9 Å². The van der Waals surface area contributed by atoms with E-state index in [4.69, 9.17) is 11.6 Å². The van der Waals surface area contributed by atoms with Crippen LogP contribution in [0.4, 0.5) is 5.69 Å². The van der Waals surface area contributed by atoms with Crippen LogP contribution in [0.25, 0.3) is 0 Å². The van der Waals surface area contributed by atoms with E-state index in [-0.39, 0.29) is 17.0 Å². The lowest BCUT2D eigenvalue weighted by atomic mass is 10.0.